The van der Waals surface area contributed by atoms with Crippen LogP contribution in [-0.4, -0.2) is 24.4 Å². The molecule has 9 heteroatoms. The Bertz CT molecular complexity index is 1480. The van der Waals surface area contributed by atoms with Crippen molar-refractivity contribution in [2.24, 2.45) is 0 Å². The molecule has 0 amide bonds. The normalized spacial score (nSPS) is 13.0. The van der Waals surface area contributed by atoms with Crippen molar-refractivity contribution in [1.82, 2.24) is 0 Å². The van der Waals surface area contributed by atoms with E-state index >= 15 is 0 Å². The number of thioether (sulfide) groups is 1. The third-order valence-corrected chi connectivity index (χ3v) is 8.23. The van der Waals surface area contributed by atoms with Crippen LogP contribution in [0.15, 0.2) is 84.9 Å². The minimum Gasteiger partial charge on any atom is -0.504 e. The highest BCUT2D eigenvalue weighted by Gasteiger charge is 2.21. The molecule has 0 bridgehead atoms. The summed E-state index contributed by atoms with van der Waals surface area (Å²) in [4.78, 5) is 0. The molecular weight excluding hydrogens is 589 g/mol. The molecule has 41 heavy (non-hydrogen) atoms. The van der Waals surface area contributed by atoms with Crippen molar-refractivity contribution in [1.29, 1.82) is 0 Å². The average Bonchev–Trinajstić information content (AvgIpc) is 2.95. The fourth-order valence-corrected chi connectivity index (χ4v) is 6.12. The zero-order valence-corrected chi connectivity index (χ0v) is 24.4. The third kappa shape index (κ3) is 7.76. The van der Waals surface area contributed by atoms with Crippen LogP contribution in [-0.2, 0) is 0 Å². The second kappa shape index (κ2) is 13.8. The summed E-state index contributed by atoms with van der Waals surface area (Å²) < 4.78 is 38.4. The first kappa shape index (κ1) is 30.3. The van der Waals surface area contributed by atoms with Gasteiger partial charge in [-0.2, -0.15) is 0 Å². The number of phenols is 2. The third-order valence-electron chi connectivity index (χ3n) is 6.17. The van der Waals surface area contributed by atoms with Crippen molar-refractivity contribution >= 4 is 47.1 Å². The summed E-state index contributed by atoms with van der Waals surface area (Å²) in [6, 6.07) is 18.3. The van der Waals surface area contributed by atoms with E-state index in [2.05, 4.69) is 0 Å². The van der Waals surface area contributed by atoms with Crippen molar-refractivity contribution in [2.45, 2.75) is 10.5 Å². The van der Waals surface area contributed by atoms with Gasteiger partial charge in [-0.05, 0) is 70.8 Å². The second-order valence-corrected chi connectivity index (χ2v) is 11.0. The van der Waals surface area contributed by atoms with Crippen molar-refractivity contribution < 1.29 is 28.5 Å². The molecule has 0 aliphatic rings. The number of aromatic hydroxyl groups is 2. The SMILES string of the molecule is COc1cc(C=CC(SC(C=Cc2ccc(O)c(OC)c2)c2ccc(F)cc2Cl)c2ccc(F)cc2Cl)ccc1O. The lowest BCUT2D eigenvalue weighted by atomic mass is 10.1. The lowest BCUT2D eigenvalue weighted by Crippen LogP contribution is -1.99. The van der Waals surface area contributed by atoms with Crippen LogP contribution in [0.1, 0.15) is 32.8 Å². The second-order valence-electron chi connectivity index (χ2n) is 8.89. The first-order valence-corrected chi connectivity index (χ1v) is 14.0. The van der Waals surface area contributed by atoms with Gasteiger partial charge in [0, 0.05) is 10.0 Å². The summed E-state index contributed by atoms with van der Waals surface area (Å²) in [6.45, 7) is 0. The number of phenolic OH excluding ortho intramolecular Hbond substituents is 2. The van der Waals surface area contributed by atoms with E-state index < -0.39 is 22.1 Å². The fraction of sp³-hybridized carbons (Fsp3) is 0.125. The summed E-state index contributed by atoms with van der Waals surface area (Å²) >= 11 is 14.5. The monoisotopic (exact) mass is 614 g/mol. The first-order chi connectivity index (χ1) is 19.7. The number of hydrogen-bond acceptors (Lipinski definition) is 5. The Balaban J connectivity index is 1.77. The summed E-state index contributed by atoms with van der Waals surface area (Å²) in [6.07, 6.45) is 7.49. The molecule has 0 saturated heterocycles. The van der Waals surface area contributed by atoms with Crippen molar-refractivity contribution in [3.63, 3.8) is 0 Å². The fourth-order valence-electron chi connectivity index (χ4n) is 4.06. The maximum atomic E-state index is 14.0. The molecule has 2 atom stereocenters. The van der Waals surface area contributed by atoms with Crippen molar-refractivity contribution in [2.75, 3.05) is 14.2 Å². The Labute approximate surface area is 251 Å². The van der Waals surface area contributed by atoms with Gasteiger partial charge in [0.15, 0.2) is 23.0 Å². The largest absolute Gasteiger partial charge is 0.504 e. The molecule has 0 aliphatic heterocycles. The molecular formula is C32H26Cl2F2O4S. The molecule has 212 valence electrons. The molecule has 2 unspecified atom stereocenters. The van der Waals surface area contributed by atoms with Crippen LogP contribution in [0.5, 0.6) is 23.0 Å². The highest BCUT2D eigenvalue weighted by Crippen LogP contribution is 2.47. The predicted octanol–water partition coefficient (Wildman–Crippen LogP) is 9.64. The molecule has 0 aromatic heterocycles. The Morgan fingerprint density at radius 1 is 0.659 bits per heavy atom. The molecule has 4 rings (SSSR count). The Morgan fingerprint density at radius 3 is 1.44 bits per heavy atom. The minimum atomic E-state index is -0.464. The van der Waals surface area contributed by atoms with E-state index in [4.69, 9.17) is 32.7 Å². The van der Waals surface area contributed by atoms with Gasteiger partial charge in [0.1, 0.15) is 11.6 Å². The topological polar surface area (TPSA) is 58.9 Å². The van der Waals surface area contributed by atoms with Gasteiger partial charge in [-0.1, -0.05) is 71.8 Å². The molecule has 0 aliphatic carbocycles. The van der Waals surface area contributed by atoms with E-state index in [9.17, 15) is 19.0 Å². The maximum absolute atomic E-state index is 14.0. The molecule has 0 radical (unpaired) electrons. The molecule has 0 fully saturated rings. The number of methoxy groups -OCH3 is 2. The lowest BCUT2D eigenvalue weighted by Gasteiger charge is -2.22. The summed E-state index contributed by atoms with van der Waals surface area (Å²) in [5.41, 5.74) is 2.82. The van der Waals surface area contributed by atoms with Crippen LogP contribution in [0.2, 0.25) is 10.0 Å². The molecule has 0 spiro atoms. The molecule has 2 N–H and O–H groups in total. The van der Waals surface area contributed by atoms with Crippen LogP contribution in [0.3, 0.4) is 0 Å². The zero-order valence-electron chi connectivity index (χ0n) is 22.0. The van der Waals surface area contributed by atoms with Gasteiger partial charge in [0.2, 0.25) is 0 Å². The van der Waals surface area contributed by atoms with Crippen LogP contribution < -0.4 is 9.47 Å². The van der Waals surface area contributed by atoms with E-state index in [1.807, 2.05) is 24.3 Å². The number of rotatable bonds is 10. The summed E-state index contributed by atoms with van der Waals surface area (Å²) in [5.74, 6) is -0.264. The zero-order chi connectivity index (χ0) is 29.5. The van der Waals surface area contributed by atoms with Gasteiger partial charge < -0.3 is 19.7 Å². The van der Waals surface area contributed by atoms with Crippen LogP contribution in [0.4, 0.5) is 8.78 Å². The van der Waals surface area contributed by atoms with E-state index in [0.717, 1.165) is 11.1 Å². The van der Waals surface area contributed by atoms with Gasteiger partial charge in [-0.15, -0.1) is 11.8 Å². The Morgan fingerprint density at radius 2 is 1.07 bits per heavy atom. The quantitative estimate of drug-likeness (QED) is 0.186. The molecule has 4 nitrogen and oxygen atoms in total. The summed E-state index contributed by atoms with van der Waals surface area (Å²) in [5, 5.41) is 19.6. The number of ether oxygens (including phenoxy) is 2. The highest BCUT2D eigenvalue weighted by atomic mass is 35.5. The maximum Gasteiger partial charge on any atom is 0.161 e. The van der Waals surface area contributed by atoms with E-state index in [0.29, 0.717) is 22.6 Å². The smallest absolute Gasteiger partial charge is 0.161 e. The summed E-state index contributed by atoms with van der Waals surface area (Å²) in [7, 11) is 2.93. The Hall–Kier alpha value is -3.65. The number of hydrogen-bond donors (Lipinski definition) is 2. The first-order valence-electron chi connectivity index (χ1n) is 12.3. The lowest BCUT2D eigenvalue weighted by molar-refractivity contribution is 0.373. The van der Waals surface area contributed by atoms with Crippen molar-refractivity contribution in [3.05, 3.63) is 129 Å². The van der Waals surface area contributed by atoms with Crippen LogP contribution in [0.25, 0.3) is 12.2 Å². The molecule has 0 saturated carbocycles. The van der Waals surface area contributed by atoms with E-state index in [1.165, 1.54) is 62.4 Å². The highest BCUT2D eigenvalue weighted by molar-refractivity contribution is 8.00. The standard InChI is InChI=1S/C32H26Cl2F2O4S/c1-39-29-15-19(3-11-27(29)37)5-13-31(23-9-7-21(35)17-25(23)33)41-32(24-10-8-22(36)18-26(24)34)14-6-20-4-12-28(38)30(16-20)40-2/h3-18,31-32,37-38H,1-2H3. The van der Waals surface area contributed by atoms with Gasteiger partial charge >= 0.3 is 0 Å². The Kier molecular flexibility index (Phi) is 10.2. The number of halogens is 4. The molecule has 4 aromatic rings. The van der Waals surface area contributed by atoms with Crippen molar-refractivity contribution in [3.8, 4) is 23.0 Å². The average molecular weight is 616 g/mol. The van der Waals surface area contributed by atoms with Crippen LogP contribution >= 0.6 is 35.0 Å². The minimum absolute atomic E-state index is 0.0131. The number of benzene rings is 4. The van der Waals surface area contributed by atoms with E-state index in [-0.39, 0.29) is 21.5 Å². The van der Waals surface area contributed by atoms with E-state index in [1.54, 1.807) is 36.4 Å². The predicted molar refractivity (Wildman–Crippen MR) is 163 cm³/mol. The van der Waals surface area contributed by atoms with Crippen LogP contribution in [0, 0.1) is 11.6 Å². The van der Waals surface area contributed by atoms with Gasteiger partial charge in [0.25, 0.3) is 0 Å². The molecule has 4 aromatic carbocycles. The van der Waals surface area contributed by atoms with Gasteiger partial charge in [-0.25, -0.2) is 8.78 Å². The molecule has 0 heterocycles. The van der Waals surface area contributed by atoms with Gasteiger partial charge in [0.05, 0.1) is 24.7 Å². The van der Waals surface area contributed by atoms with Gasteiger partial charge in [-0.3, -0.25) is 0 Å².